The number of H-pyrrole nitrogens is 1. The van der Waals surface area contributed by atoms with E-state index in [4.69, 9.17) is 4.74 Å². The Labute approximate surface area is 100 Å². The van der Waals surface area contributed by atoms with Gasteiger partial charge in [0.25, 0.3) is 0 Å². The van der Waals surface area contributed by atoms with E-state index >= 15 is 0 Å². The molecule has 0 atom stereocenters. The van der Waals surface area contributed by atoms with Gasteiger partial charge in [-0.2, -0.15) is 0 Å². The maximum Gasteiger partial charge on any atom is 0.338 e. The van der Waals surface area contributed by atoms with Crippen molar-refractivity contribution < 1.29 is 9.53 Å². The number of ether oxygens (including phenoxy) is 1. The Morgan fingerprint density at radius 1 is 1.35 bits per heavy atom. The number of aryl methyl sites for hydroxylation is 2. The third-order valence-corrected chi connectivity index (χ3v) is 2.47. The third-order valence-electron chi connectivity index (χ3n) is 2.47. The Bertz CT molecular complexity index is 570. The second kappa shape index (κ2) is 4.20. The first kappa shape index (κ1) is 11.6. The van der Waals surface area contributed by atoms with Gasteiger partial charge in [-0.15, -0.1) is 0 Å². The Kier molecular flexibility index (Phi) is 2.88. The van der Waals surface area contributed by atoms with Crippen molar-refractivity contribution in [1.29, 1.82) is 0 Å². The van der Waals surface area contributed by atoms with E-state index in [-0.39, 0.29) is 12.1 Å². The van der Waals surface area contributed by atoms with Gasteiger partial charge in [0.05, 0.1) is 22.7 Å². The number of hydrogen-bond acceptors (Lipinski definition) is 3. The normalized spacial score (nSPS) is 11.1. The molecular weight excluding hydrogens is 216 g/mol. The number of esters is 1. The summed E-state index contributed by atoms with van der Waals surface area (Å²) in [7, 11) is 0. The lowest BCUT2D eigenvalue weighted by atomic mass is 10.1. The molecule has 2 aromatic rings. The van der Waals surface area contributed by atoms with Gasteiger partial charge < -0.3 is 9.72 Å². The molecule has 0 aliphatic carbocycles. The highest BCUT2D eigenvalue weighted by Crippen LogP contribution is 2.19. The highest BCUT2D eigenvalue weighted by atomic mass is 16.5. The van der Waals surface area contributed by atoms with Gasteiger partial charge in [-0.3, -0.25) is 0 Å². The van der Waals surface area contributed by atoms with Crippen molar-refractivity contribution in [3.63, 3.8) is 0 Å². The number of fused-ring (bicyclic) bond motifs is 1. The fraction of sp³-hybridized carbons (Fsp3) is 0.385. The van der Waals surface area contributed by atoms with Crippen LogP contribution in [0.1, 0.15) is 35.6 Å². The predicted octanol–water partition coefficient (Wildman–Crippen LogP) is 2.74. The summed E-state index contributed by atoms with van der Waals surface area (Å²) >= 11 is 0. The van der Waals surface area contributed by atoms with Gasteiger partial charge in [0.2, 0.25) is 0 Å². The van der Waals surface area contributed by atoms with Gasteiger partial charge in [-0.25, -0.2) is 9.78 Å². The zero-order valence-corrected chi connectivity index (χ0v) is 10.5. The summed E-state index contributed by atoms with van der Waals surface area (Å²) in [6.07, 6.45) is -0.109. The molecule has 2 rings (SSSR count). The van der Waals surface area contributed by atoms with Crippen molar-refractivity contribution >= 4 is 17.0 Å². The van der Waals surface area contributed by atoms with Crippen molar-refractivity contribution in [2.45, 2.75) is 33.8 Å². The molecule has 1 aromatic heterocycles. The van der Waals surface area contributed by atoms with Crippen molar-refractivity contribution in [2.24, 2.45) is 0 Å². The topological polar surface area (TPSA) is 55.0 Å². The number of nitrogens with zero attached hydrogens (tertiary/aromatic N) is 1. The summed E-state index contributed by atoms with van der Waals surface area (Å²) in [6, 6.07) is 3.60. The van der Waals surface area contributed by atoms with E-state index < -0.39 is 0 Å². The molecule has 0 unspecified atom stereocenters. The molecule has 0 radical (unpaired) electrons. The van der Waals surface area contributed by atoms with Crippen LogP contribution in [-0.4, -0.2) is 22.0 Å². The first-order chi connectivity index (χ1) is 7.97. The van der Waals surface area contributed by atoms with Crippen LogP contribution in [0.2, 0.25) is 0 Å². The van der Waals surface area contributed by atoms with Crippen molar-refractivity contribution in [2.75, 3.05) is 0 Å². The van der Waals surface area contributed by atoms with Gasteiger partial charge in [-0.1, -0.05) is 0 Å². The highest BCUT2D eigenvalue weighted by Gasteiger charge is 2.13. The number of aromatic amines is 1. The minimum absolute atomic E-state index is 0.109. The average Bonchev–Trinajstić information content (AvgIpc) is 2.58. The molecule has 0 aliphatic rings. The molecule has 4 heteroatoms. The predicted molar refractivity (Wildman–Crippen MR) is 66.1 cm³/mol. The molecule has 0 saturated carbocycles. The minimum atomic E-state index is -0.294. The van der Waals surface area contributed by atoms with E-state index in [1.807, 2.05) is 33.8 Å². The van der Waals surface area contributed by atoms with Crippen molar-refractivity contribution in [3.05, 3.63) is 29.1 Å². The molecule has 1 aromatic carbocycles. The Morgan fingerprint density at radius 3 is 2.71 bits per heavy atom. The first-order valence-corrected chi connectivity index (χ1v) is 5.65. The van der Waals surface area contributed by atoms with E-state index in [2.05, 4.69) is 9.97 Å². The number of nitrogens with one attached hydrogen (secondary N) is 1. The van der Waals surface area contributed by atoms with Crippen LogP contribution in [0.5, 0.6) is 0 Å². The van der Waals surface area contributed by atoms with E-state index in [9.17, 15) is 4.79 Å². The molecule has 1 N–H and O–H groups in total. The van der Waals surface area contributed by atoms with Crippen LogP contribution >= 0.6 is 0 Å². The van der Waals surface area contributed by atoms with Crippen LogP contribution in [-0.2, 0) is 4.74 Å². The minimum Gasteiger partial charge on any atom is -0.459 e. The molecule has 0 amide bonds. The number of imidazole rings is 1. The fourth-order valence-electron chi connectivity index (χ4n) is 1.81. The Balaban J connectivity index is 2.46. The second-order valence-corrected chi connectivity index (χ2v) is 4.47. The van der Waals surface area contributed by atoms with Gasteiger partial charge >= 0.3 is 5.97 Å². The standard InChI is InChI=1S/C13H16N2O2/c1-7(2)17-13(16)10-5-8(3)12-11(6-10)14-9(4)15-12/h5-7H,1-4H3,(H,14,15). The van der Waals surface area contributed by atoms with Crippen LogP contribution in [0.15, 0.2) is 12.1 Å². The first-order valence-electron chi connectivity index (χ1n) is 5.65. The summed E-state index contributed by atoms with van der Waals surface area (Å²) in [5.41, 5.74) is 3.32. The summed E-state index contributed by atoms with van der Waals surface area (Å²) in [6.45, 7) is 7.51. The smallest absolute Gasteiger partial charge is 0.338 e. The lowest BCUT2D eigenvalue weighted by Gasteiger charge is -2.08. The van der Waals surface area contributed by atoms with Gasteiger partial charge in [0.15, 0.2) is 0 Å². The van der Waals surface area contributed by atoms with Crippen LogP contribution in [0.25, 0.3) is 11.0 Å². The molecular formula is C13H16N2O2. The number of hydrogen-bond donors (Lipinski definition) is 1. The molecule has 90 valence electrons. The van der Waals surface area contributed by atoms with Gasteiger partial charge in [0.1, 0.15) is 5.82 Å². The fourth-order valence-corrected chi connectivity index (χ4v) is 1.81. The largest absolute Gasteiger partial charge is 0.459 e. The molecule has 0 aliphatic heterocycles. The summed E-state index contributed by atoms with van der Waals surface area (Å²) in [4.78, 5) is 19.3. The van der Waals surface area contributed by atoms with Gasteiger partial charge in [-0.05, 0) is 45.4 Å². The van der Waals surface area contributed by atoms with E-state index in [0.29, 0.717) is 5.56 Å². The molecule has 0 saturated heterocycles. The number of aromatic nitrogens is 2. The van der Waals surface area contributed by atoms with Crippen molar-refractivity contribution in [3.8, 4) is 0 Å². The molecule has 17 heavy (non-hydrogen) atoms. The van der Waals surface area contributed by atoms with E-state index in [1.165, 1.54) is 0 Å². The van der Waals surface area contributed by atoms with Gasteiger partial charge in [0, 0.05) is 0 Å². The molecule has 1 heterocycles. The monoisotopic (exact) mass is 232 g/mol. The zero-order valence-electron chi connectivity index (χ0n) is 10.5. The molecule has 0 bridgehead atoms. The average molecular weight is 232 g/mol. The van der Waals surface area contributed by atoms with E-state index in [1.54, 1.807) is 6.07 Å². The molecule has 4 nitrogen and oxygen atoms in total. The van der Waals surface area contributed by atoms with Crippen LogP contribution in [0, 0.1) is 13.8 Å². The van der Waals surface area contributed by atoms with Crippen molar-refractivity contribution in [1.82, 2.24) is 9.97 Å². The quantitative estimate of drug-likeness (QED) is 0.810. The SMILES string of the molecule is Cc1nc2c(C)cc(C(=O)OC(C)C)cc2[nH]1. The number of benzene rings is 1. The van der Waals surface area contributed by atoms with Crippen LogP contribution in [0.3, 0.4) is 0 Å². The Morgan fingerprint density at radius 2 is 2.06 bits per heavy atom. The van der Waals surface area contributed by atoms with Crippen LogP contribution in [0.4, 0.5) is 0 Å². The maximum absolute atomic E-state index is 11.8. The lowest BCUT2D eigenvalue weighted by molar-refractivity contribution is 0.0378. The zero-order chi connectivity index (χ0) is 12.6. The number of carbonyl (C=O) groups is 1. The molecule has 0 spiro atoms. The summed E-state index contributed by atoms with van der Waals surface area (Å²) in [5.74, 6) is 0.551. The highest BCUT2D eigenvalue weighted by molar-refractivity contribution is 5.94. The number of carbonyl (C=O) groups excluding carboxylic acids is 1. The summed E-state index contributed by atoms with van der Waals surface area (Å²) in [5, 5.41) is 0. The molecule has 0 fully saturated rings. The third kappa shape index (κ3) is 2.30. The van der Waals surface area contributed by atoms with Crippen LogP contribution < -0.4 is 0 Å². The Hall–Kier alpha value is -1.84. The summed E-state index contributed by atoms with van der Waals surface area (Å²) < 4.78 is 5.17. The van der Waals surface area contributed by atoms with E-state index in [0.717, 1.165) is 22.4 Å². The number of rotatable bonds is 2. The maximum atomic E-state index is 11.8. The lowest BCUT2D eigenvalue weighted by Crippen LogP contribution is -2.11. The second-order valence-electron chi connectivity index (χ2n) is 4.47.